The number of pyridine rings is 1. The van der Waals surface area contributed by atoms with Crippen molar-refractivity contribution in [1.82, 2.24) is 10.3 Å². The third-order valence-electron chi connectivity index (χ3n) is 3.51. The lowest BCUT2D eigenvalue weighted by Crippen LogP contribution is -2.41. The number of imide groups is 1. The van der Waals surface area contributed by atoms with Gasteiger partial charge in [-0.2, -0.15) is 0 Å². The van der Waals surface area contributed by atoms with Gasteiger partial charge in [-0.15, -0.1) is 0 Å². The van der Waals surface area contributed by atoms with E-state index < -0.39 is 12.0 Å². The number of aromatic nitrogens is 1. The summed E-state index contributed by atoms with van der Waals surface area (Å²) in [6.07, 6.45) is 1.62. The molecule has 2 heterocycles. The molecule has 2 N–H and O–H groups in total. The Hall–Kier alpha value is -3.22. The number of hydrogen-bond donors (Lipinski definition) is 2. The van der Waals surface area contributed by atoms with Crippen molar-refractivity contribution in [3.05, 3.63) is 59.4 Å². The molecule has 0 bridgehead atoms. The number of nitrogens with one attached hydrogen (secondary N) is 1. The van der Waals surface area contributed by atoms with Gasteiger partial charge in [0.05, 0.1) is 29.9 Å². The van der Waals surface area contributed by atoms with E-state index in [0.29, 0.717) is 16.9 Å². The van der Waals surface area contributed by atoms with Gasteiger partial charge in [-0.05, 0) is 35.9 Å². The number of carbonyl (C=O) groups is 3. The molecule has 1 aliphatic heterocycles. The molecule has 23 heavy (non-hydrogen) atoms. The number of nitrogens with zero attached hydrogens (tertiary/aromatic N) is 2. The molecule has 3 amide bonds. The zero-order valence-electron chi connectivity index (χ0n) is 12.0. The Morgan fingerprint density at radius 1 is 1.26 bits per heavy atom. The minimum absolute atomic E-state index is 0.00740. The Morgan fingerprint density at radius 2 is 2.09 bits per heavy atom. The van der Waals surface area contributed by atoms with Crippen molar-refractivity contribution in [1.29, 1.82) is 0 Å². The molecule has 0 unspecified atom stereocenters. The van der Waals surface area contributed by atoms with Crippen molar-refractivity contribution in [3.8, 4) is 0 Å². The van der Waals surface area contributed by atoms with Crippen molar-refractivity contribution in [2.75, 3.05) is 4.90 Å². The fourth-order valence-corrected chi connectivity index (χ4v) is 2.43. The van der Waals surface area contributed by atoms with Gasteiger partial charge >= 0.3 is 12.0 Å². The molecule has 0 radical (unpaired) electrons. The zero-order chi connectivity index (χ0) is 16.4. The molecule has 0 atom stereocenters. The summed E-state index contributed by atoms with van der Waals surface area (Å²) in [7, 11) is 0. The summed E-state index contributed by atoms with van der Waals surface area (Å²) in [5.41, 5.74) is 1.71. The van der Waals surface area contributed by atoms with Crippen LogP contribution >= 0.6 is 0 Å². The average Bonchev–Trinajstić information content (AvgIpc) is 2.88. The van der Waals surface area contributed by atoms with Gasteiger partial charge in [-0.1, -0.05) is 6.07 Å². The van der Waals surface area contributed by atoms with Crippen LogP contribution in [-0.4, -0.2) is 28.0 Å². The molecule has 0 spiro atoms. The number of urea groups is 1. The Balaban J connectivity index is 1.77. The van der Waals surface area contributed by atoms with Crippen molar-refractivity contribution < 1.29 is 19.5 Å². The molecule has 1 aromatic carbocycles. The molecule has 1 aromatic heterocycles. The fraction of sp³-hybridized carbons (Fsp3) is 0.125. The Labute approximate surface area is 131 Å². The normalized spacial score (nSPS) is 12.9. The van der Waals surface area contributed by atoms with Crippen LogP contribution in [0, 0.1) is 0 Å². The zero-order valence-corrected chi connectivity index (χ0v) is 12.0. The summed E-state index contributed by atoms with van der Waals surface area (Å²) >= 11 is 0. The Morgan fingerprint density at radius 3 is 2.78 bits per heavy atom. The van der Waals surface area contributed by atoms with Crippen LogP contribution < -0.4 is 10.2 Å². The summed E-state index contributed by atoms with van der Waals surface area (Å²) in [4.78, 5) is 40.4. The van der Waals surface area contributed by atoms with Crippen LogP contribution in [0.4, 0.5) is 10.5 Å². The number of aromatic carboxylic acids is 1. The van der Waals surface area contributed by atoms with E-state index in [4.69, 9.17) is 5.11 Å². The fourth-order valence-electron chi connectivity index (χ4n) is 2.43. The molecule has 0 aliphatic carbocycles. The maximum atomic E-state index is 12.3. The number of amides is 3. The highest BCUT2D eigenvalue weighted by molar-refractivity contribution is 6.18. The van der Waals surface area contributed by atoms with Gasteiger partial charge in [-0.25, -0.2) is 14.5 Å². The van der Waals surface area contributed by atoms with Crippen molar-refractivity contribution in [2.24, 2.45) is 0 Å². The van der Waals surface area contributed by atoms with Gasteiger partial charge in [0.25, 0.3) is 0 Å². The topological polar surface area (TPSA) is 99.6 Å². The lowest BCUT2D eigenvalue weighted by atomic mass is 10.1. The van der Waals surface area contributed by atoms with Crippen LogP contribution in [0.15, 0.2) is 42.6 Å². The maximum absolute atomic E-state index is 12.3. The Kier molecular flexibility index (Phi) is 3.76. The number of carbonyl (C=O) groups excluding carboxylic acids is 2. The summed E-state index contributed by atoms with van der Waals surface area (Å²) in [6.45, 7) is 0.200. The molecule has 2 aromatic rings. The lowest BCUT2D eigenvalue weighted by Gasteiger charge is -2.16. The van der Waals surface area contributed by atoms with Gasteiger partial charge in [0, 0.05) is 6.20 Å². The maximum Gasteiger partial charge on any atom is 0.335 e. The number of hydrogen-bond acceptors (Lipinski definition) is 4. The van der Waals surface area contributed by atoms with Gasteiger partial charge < -0.3 is 10.4 Å². The van der Waals surface area contributed by atoms with E-state index in [9.17, 15) is 14.4 Å². The molecule has 0 saturated carbocycles. The second kappa shape index (κ2) is 5.88. The van der Waals surface area contributed by atoms with Crippen LogP contribution in [0.25, 0.3) is 0 Å². The van der Waals surface area contributed by atoms with E-state index in [1.165, 1.54) is 18.2 Å². The quantitative estimate of drug-likeness (QED) is 0.896. The van der Waals surface area contributed by atoms with Crippen LogP contribution in [0.3, 0.4) is 0 Å². The van der Waals surface area contributed by atoms with Gasteiger partial charge in [0.15, 0.2) is 0 Å². The summed E-state index contributed by atoms with van der Waals surface area (Å²) in [5.74, 6) is -1.46. The molecule has 7 nitrogen and oxygen atoms in total. The first kappa shape index (κ1) is 14.7. The van der Waals surface area contributed by atoms with E-state index in [1.807, 2.05) is 0 Å². The first-order valence-corrected chi connectivity index (χ1v) is 6.93. The van der Waals surface area contributed by atoms with E-state index >= 15 is 0 Å². The van der Waals surface area contributed by atoms with Crippen LogP contribution in [0.5, 0.6) is 0 Å². The predicted molar refractivity (Wildman–Crippen MR) is 81.1 cm³/mol. The third kappa shape index (κ3) is 2.89. The largest absolute Gasteiger partial charge is 0.478 e. The lowest BCUT2D eigenvalue weighted by molar-refractivity contribution is -0.116. The monoisotopic (exact) mass is 311 g/mol. The number of carboxylic acids is 1. The number of benzene rings is 1. The van der Waals surface area contributed by atoms with Gasteiger partial charge in [-0.3, -0.25) is 9.78 Å². The molecule has 0 fully saturated rings. The van der Waals surface area contributed by atoms with Gasteiger partial charge in [0.2, 0.25) is 5.91 Å². The molecule has 116 valence electrons. The predicted octanol–water partition coefficient (Wildman–Crippen LogP) is 1.58. The minimum Gasteiger partial charge on any atom is -0.478 e. The van der Waals surface area contributed by atoms with E-state index in [2.05, 4.69) is 10.3 Å². The van der Waals surface area contributed by atoms with Crippen LogP contribution in [0.2, 0.25) is 0 Å². The van der Waals surface area contributed by atoms with E-state index in [0.717, 1.165) is 4.90 Å². The summed E-state index contributed by atoms with van der Waals surface area (Å²) in [6, 6.07) is 9.05. The van der Waals surface area contributed by atoms with Crippen molar-refractivity contribution in [2.45, 2.75) is 13.0 Å². The number of carboxylic acid groups (broad SMARTS) is 1. The van der Waals surface area contributed by atoms with Crippen LogP contribution in [0.1, 0.15) is 21.6 Å². The van der Waals surface area contributed by atoms with Gasteiger partial charge in [0.1, 0.15) is 0 Å². The van der Waals surface area contributed by atoms with E-state index in [-0.39, 0.29) is 24.4 Å². The molecular weight excluding hydrogens is 298 g/mol. The summed E-state index contributed by atoms with van der Waals surface area (Å²) < 4.78 is 0. The molecule has 7 heteroatoms. The number of rotatable bonds is 3. The smallest absolute Gasteiger partial charge is 0.335 e. The second-order valence-electron chi connectivity index (χ2n) is 5.03. The SMILES string of the molecule is O=C(O)c1ccc2c(c1)CC(=O)N2C(=O)NCc1ccccn1. The molecular formula is C16H13N3O4. The third-order valence-corrected chi connectivity index (χ3v) is 3.51. The standard InChI is InChI=1S/C16H13N3O4/c20-14-8-11-7-10(15(21)22)4-5-13(11)19(14)16(23)18-9-12-3-1-2-6-17-12/h1-7H,8-9H2,(H,18,23)(H,21,22). The highest BCUT2D eigenvalue weighted by atomic mass is 16.4. The highest BCUT2D eigenvalue weighted by Gasteiger charge is 2.32. The molecule has 1 aliphatic rings. The van der Waals surface area contributed by atoms with Crippen molar-refractivity contribution in [3.63, 3.8) is 0 Å². The first-order valence-electron chi connectivity index (χ1n) is 6.93. The average molecular weight is 311 g/mol. The number of anilines is 1. The number of fused-ring (bicyclic) bond motifs is 1. The summed E-state index contributed by atoms with van der Waals surface area (Å²) in [5, 5.41) is 11.6. The minimum atomic E-state index is -1.07. The Bertz CT molecular complexity index is 789. The second-order valence-corrected chi connectivity index (χ2v) is 5.03. The highest BCUT2D eigenvalue weighted by Crippen LogP contribution is 2.29. The van der Waals surface area contributed by atoms with Crippen molar-refractivity contribution >= 4 is 23.6 Å². The molecule has 0 saturated heterocycles. The van der Waals surface area contributed by atoms with E-state index in [1.54, 1.807) is 24.4 Å². The molecule has 3 rings (SSSR count). The first-order chi connectivity index (χ1) is 11.1. The van der Waals surface area contributed by atoms with Crippen LogP contribution in [-0.2, 0) is 17.8 Å².